The fourth-order valence-electron chi connectivity index (χ4n) is 2.64. The van der Waals surface area contributed by atoms with Crippen LogP contribution in [-0.2, 0) is 0 Å². The summed E-state index contributed by atoms with van der Waals surface area (Å²) in [5, 5.41) is 6.77. The number of rotatable bonds is 7. The summed E-state index contributed by atoms with van der Waals surface area (Å²) in [6, 6.07) is 0. The van der Waals surface area contributed by atoms with Crippen LogP contribution in [0.5, 0.6) is 0 Å². The SMILES string of the molecule is CNCCCCNCC1C(C)(C)C1(C)C. The summed E-state index contributed by atoms with van der Waals surface area (Å²) >= 11 is 0. The molecule has 0 bridgehead atoms. The van der Waals surface area contributed by atoms with Gasteiger partial charge >= 0.3 is 0 Å². The lowest BCUT2D eigenvalue weighted by atomic mass is 10.0. The van der Waals surface area contributed by atoms with Crippen molar-refractivity contribution >= 4 is 0 Å². The molecule has 2 heteroatoms. The number of nitrogens with one attached hydrogen (secondary N) is 2. The van der Waals surface area contributed by atoms with Gasteiger partial charge in [-0.15, -0.1) is 0 Å². The van der Waals surface area contributed by atoms with Crippen LogP contribution in [0.15, 0.2) is 0 Å². The largest absolute Gasteiger partial charge is 0.320 e. The van der Waals surface area contributed by atoms with Crippen LogP contribution in [0.2, 0.25) is 0 Å². The van der Waals surface area contributed by atoms with Gasteiger partial charge in [0.05, 0.1) is 0 Å². The van der Waals surface area contributed by atoms with Gasteiger partial charge in [-0.2, -0.15) is 0 Å². The van der Waals surface area contributed by atoms with E-state index in [1.165, 1.54) is 25.9 Å². The lowest BCUT2D eigenvalue weighted by Crippen LogP contribution is -2.21. The molecule has 2 nitrogen and oxygen atoms in total. The molecular formula is C13H28N2. The van der Waals surface area contributed by atoms with Crippen molar-refractivity contribution in [2.75, 3.05) is 26.7 Å². The Morgan fingerprint density at radius 3 is 1.93 bits per heavy atom. The molecule has 0 spiro atoms. The minimum atomic E-state index is 0.533. The quantitative estimate of drug-likeness (QED) is 0.633. The zero-order valence-corrected chi connectivity index (χ0v) is 11.1. The Kier molecular flexibility index (Phi) is 4.19. The van der Waals surface area contributed by atoms with Crippen molar-refractivity contribution in [2.24, 2.45) is 16.7 Å². The first-order valence-electron chi connectivity index (χ1n) is 6.30. The van der Waals surface area contributed by atoms with E-state index in [2.05, 4.69) is 38.3 Å². The average Bonchev–Trinajstić information content (AvgIpc) is 2.52. The van der Waals surface area contributed by atoms with Crippen LogP contribution in [0.1, 0.15) is 40.5 Å². The molecule has 15 heavy (non-hydrogen) atoms. The molecule has 1 aliphatic rings. The molecule has 90 valence electrons. The topological polar surface area (TPSA) is 24.1 Å². The lowest BCUT2D eigenvalue weighted by Gasteiger charge is -2.05. The molecule has 2 N–H and O–H groups in total. The van der Waals surface area contributed by atoms with Crippen LogP contribution in [0.3, 0.4) is 0 Å². The molecule has 1 saturated carbocycles. The Hall–Kier alpha value is -0.0800. The minimum Gasteiger partial charge on any atom is -0.320 e. The summed E-state index contributed by atoms with van der Waals surface area (Å²) in [6.45, 7) is 13.1. The molecule has 1 fully saturated rings. The molecule has 0 atom stereocenters. The molecule has 0 amide bonds. The molecule has 1 rings (SSSR count). The summed E-state index contributed by atoms with van der Waals surface area (Å²) < 4.78 is 0. The highest BCUT2D eigenvalue weighted by molar-refractivity contribution is 5.12. The van der Waals surface area contributed by atoms with Crippen LogP contribution in [0, 0.1) is 16.7 Å². The predicted octanol–water partition coefficient (Wildman–Crippen LogP) is 2.26. The molecule has 0 saturated heterocycles. The number of hydrogen-bond donors (Lipinski definition) is 2. The second-order valence-electron chi connectivity index (χ2n) is 6.01. The number of unbranched alkanes of at least 4 members (excludes halogenated alkanes) is 1. The Morgan fingerprint density at radius 2 is 1.47 bits per heavy atom. The summed E-state index contributed by atoms with van der Waals surface area (Å²) in [7, 11) is 2.02. The Balaban J connectivity index is 2.03. The van der Waals surface area contributed by atoms with E-state index in [0.717, 1.165) is 12.5 Å². The van der Waals surface area contributed by atoms with Crippen molar-refractivity contribution in [3.05, 3.63) is 0 Å². The van der Waals surface area contributed by atoms with Gasteiger partial charge in [0.1, 0.15) is 0 Å². The maximum Gasteiger partial charge on any atom is -0.000989 e. The van der Waals surface area contributed by atoms with E-state index in [1.807, 2.05) is 7.05 Å². The van der Waals surface area contributed by atoms with E-state index >= 15 is 0 Å². The smallest absolute Gasteiger partial charge is 0.000989 e. The third-order valence-electron chi connectivity index (χ3n) is 4.70. The van der Waals surface area contributed by atoms with E-state index in [-0.39, 0.29) is 0 Å². The van der Waals surface area contributed by atoms with E-state index in [1.54, 1.807) is 0 Å². The molecule has 0 unspecified atom stereocenters. The summed E-state index contributed by atoms with van der Waals surface area (Å²) in [6.07, 6.45) is 2.56. The van der Waals surface area contributed by atoms with Gasteiger partial charge in [-0.1, -0.05) is 27.7 Å². The molecule has 0 aromatic carbocycles. The van der Waals surface area contributed by atoms with Gasteiger partial charge in [0.2, 0.25) is 0 Å². The Bertz CT molecular complexity index is 183. The predicted molar refractivity (Wildman–Crippen MR) is 67.1 cm³/mol. The van der Waals surface area contributed by atoms with Gasteiger partial charge in [0.25, 0.3) is 0 Å². The van der Waals surface area contributed by atoms with Crippen LogP contribution in [0.25, 0.3) is 0 Å². The van der Waals surface area contributed by atoms with E-state index < -0.39 is 0 Å². The maximum atomic E-state index is 3.59. The third-order valence-corrected chi connectivity index (χ3v) is 4.70. The summed E-state index contributed by atoms with van der Waals surface area (Å²) in [4.78, 5) is 0. The van der Waals surface area contributed by atoms with Crippen LogP contribution < -0.4 is 10.6 Å². The summed E-state index contributed by atoms with van der Waals surface area (Å²) in [5.74, 6) is 0.856. The zero-order valence-electron chi connectivity index (χ0n) is 11.1. The highest BCUT2D eigenvalue weighted by Crippen LogP contribution is 2.67. The molecule has 0 heterocycles. The lowest BCUT2D eigenvalue weighted by molar-refractivity contribution is 0.457. The molecule has 1 aliphatic carbocycles. The number of hydrogen-bond acceptors (Lipinski definition) is 2. The van der Waals surface area contributed by atoms with Crippen molar-refractivity contribution in [3.8, 4) is 0 Å². The van der Waals surface area contributed by atoms with Crippen molar-refractivity contribution in [1.29, 1.82) is 0 Å². The normalized spacial score (nSPS) is 23.0. The first-order valence-corrected chi connectivity index (χ1v) is 6.30. The third kappa shape index (κ3) is 2.73. The highest BCUT2D eigenvalue weighted by Gasteiger charge is 2.63. The maximum absolute atomic E-state index is 3.59. The standard InChI is InChI=1S/C13H28N2/c1-12(2)11(13(12,3)4)10-15-9-7-6-8-14-5/h11,14-15H,6-10H2,1-5H3. The van der Waals surface area contributed by atoms with Gasteiger partial charge in [-0.05, 0) is 56.3 Å². The molecule has 0 aromatic rings. The van der Waals surface area contributed by atoms with Crippen molar-refractivity contribution in [2.45, 2.75) is 40.5 Å². The van der Waals surface area contributed by atoms with Crippen molar-refractivity contribution < 1.29 is 0 Å². The second-order valence-corrected chi connectivity index (χ2v) is 6.01. The van der Waals surface area contributed by atoms with Gasteiger partial charge in [-0.3, -0.25) is 0 Å². The Labute approximate surface area is 95.2 Å². The monoisotopic (exact) mass is 212 g/mol. The second kappa shape index (κ2) is 4.84. The van der Waals surface area contributed by atoms with Gasteiger partial charge in [-0.25, -0.2) is 0 Å². The van der Waals surface area contributed by atoms with Gasteiger partial charge in [0.15, 0.2) is 0 Å². The minimum absolute atomic E-state index is 0.533. The van der Waals surface area contributed by atoms with Crippen LogP contribution >= 0.6 is 0 Å². The average molecular weight is 212 g/mol. The Morgan fingerprint density at radius 1 is 0.933 bits per heavy atom. The molecule has 0 radical (unpaired) electrons. The van der Waals surface area contributed by atoms with E-state index in [9.17, 15) is 0 Å². The van der Waals surface area contributed by atoms with Crippen LogP contribution in [0.4, 0.5) is 0 Å². The zero-order chi connectivity index (χ0) is 11.5. The van der Waals surface area contributed by atoms with Crippen molar-refractivity contribution in [3.63, 3.8) is 0 Å². The molecule has 0 aliphatic heterocycles. The van der Waals surface area contributed by atoms with Gasteiger partial charge < -0.3 is 10.6 Å². The van der Waals surface area contributed by atoms with E-state index in [4.69, 9.17) is 0 Å². The first-order chi connectivity index (χ1) is 6.94. The fraction of sp³-hybridized carbons (Fsp3) is 1.00. The summed E-state index contributed by atoms with van der Waals surface area (Å²) in [5.41, 5.74) is 1.07. The van der Waals surface area contributed by atoms with Gasteiger partial charge in [0, 0.05) is 0 Å². The molecular weight excluding hydrogens is 184 g/mol. The first kappa shape index (κ1) is 13.0. The fourth-order valence-corrected chi connectivity index (χ4v) is 2.64. The van der Waals surface area contributed by atoms with E-state index in [0.29, 0.717) is 10.8 Å². The van der Waals surface area contributed by atoms with Crippen molar-refractivity contribution in [1.82, 2.24) is 10.6 Å². The van der Waals surface area contributed by atoms with Crippen LogP contribution in [-0.4, -0.2) is 26.7 Å². The highest BCUT2D eigenvalue weighted by atomic mass is 14.9. The molecule has 0 aromatic heterocycles.